The number of carbonyl (C=O) groups is 2. The third kappa shape index (κ3) is 4.28. The second kappa shape index (κ2) is 10.1. The maximum absolute atomic E-state index is 14.4. The van der Waals surface area contributed by atoms with E-state index in [-0.39, 0.29) is 18.2 Å². The van der Waals surface area contributed by atoms with Crippen molar-refractivity contribution < 1.29 is 14.3 Å². The van der Waals surface area contributed by atoms with E-state index in [4.69, 9.17) is 27.9 Å². The number of amides is 2. The minimum absolute atomic E-state index is 0.104. The number of carbonyl (C=O) groups excluding carboxylic acids is 2. The molecule has 2 amide bonds. The molecule has 3 aromatic carbocycles. The third-order valence-electron chi connectivity index (χ3n) is 7.94. The van der Waals surface area contributed by atoms with Gasteiger partial charge in [0.25, 0.3) is 0 Å². The summed E-state index contributed by atoms with van der Waals surface area (Å²) < 4.78 is 9.23. The summed E-state index contributed by atoms with van der Waals surface area (Å²) in [6.07, 6.45) is 0.104. The second-order valence-electron chi connectivity index (χ2n) is 10.2. The number of benzene rings is 3. The first-order valence-electron chi connectivity index (χ1n) is 12.7. The molecule has 7 nitrogen and oxygen atoms in total. The van der Waals surface area contributed by atoms with Gasteiger partial charge in [0.1, 0.15) is 16.9 Å². The average Bonchev–Trinajstić information content (AvgIpc) is 3.32. The molecule has 0 radical (unpaired) electrons. The van der Waals surface area contributed by atoms with Crippen molar-refractivity contribution in [2.24, 2.45) is 7.05 Å². The number of aromatic nitrogens is 2. The number of aryl methyl sites for hydroxylation is 2. The van der Waals surface area contributed by atoms with Crippen molar-refractivity contribution >= 4 is 63.3 Å². The topological polar surface area (TPSA) is 85.2 Å². The van der Waals surface area contributed by atoms with Gasteiger partial charge in [0.05, 0.1) is 11.7 Å². The van der Waals surface area contributed by atoms with Gasteiger partial charge < -0.3 is 15.4 Å². The average molecular weight is 687 g/mol. The highest BCUT2D eigenvalue weighted by atomic mass is 127. The number of nitrogens with one attached hydrogen (secondary N) is 2. The van der Waals surface area contributed by atoms with Gasteiger partial charge in [0.15, 0.2) is 5.75 Å². The minimum atomic E-state index is -1.21. The largest absolute Gasteiger partial charge is 0.453 e. The number of anilines is 1. The summed E-state index contributed by atoms with van der Waals surface area (Å²) >= 11 is 15.0. The molecule has 2 aliphatic rings. The number of hydrogen-bond acceptors (Lipinski definition) is 4. The Balaban J connectivity index is 1.62. The second-order valence-corrected chi connectivity index (χ2v) is 12.4. The van der Waals surface area contributed by atoms with Crippen LogP contribution in [-0.2, 0) is 22.1 Å². The van der Waals surface area contributed by atoms with Crippen LogP contribution in [0.15, 0.2) is 60.7 Å². The molecule has 1 saturated heterocycles. The van der Waals surface area contributed by atoms with Gasteiger partial charge in [0, 0.05) is 44.3 Å². The van der Waals surface area contributed by atoms with E-state index in [9.17, 15) is 9.59 Å². The fourth-order valence-electron chi connectivity index (χ4n) is 6.12. The highest BCUT2D eigenvalue weighted by molar-refractivity contribution is 14.1. The molecule has 3 unspecified atom stereocenters. The van der Waals surface area contributed by atoms with Gasteiger partial charge in [-0.05, 0) is 90.0 Å². The number of fused-ring (bicyclic) bond motifs is 2. The van der Waals surface area contributed by atoms with Crippen molar-refractivity contribution in [2.45, 2.75) is 37.6 Å². The number of nitrogens with zero attached hydrogens (tertiary/aromatic N) is 2. The molecule has 2 aliphatic heterocycles. The van der Waals surface area contributed by atoms with Crippen LogP contribution in [0.4, 0.5) is 5.69 Å². The standard InChI is InChI=1S/C30H25Cl2IN4O3/c1-15-27(16(2)37(3)36-15)40-25-10-8-20(33)13-21(25)28-30(22-9-7-19(32)12-24(22)34-29(30)39)23(14-26(38)35-28)17-5-4-6-18(31)11-17/h4-13,23,28H,14H2,1-3H3,(H,34,39)(H,35,38). The minimum Gasteiger partial charge on any atom is -0.453 e. The lowest BCUT2D eigenvalue weighted by molar-refractivity contribution is -0.131. The molecule has 40 heavy (non-hydrogen) atoms. The number of halogens is 3. The Morgan fingerprint density at radius 3 is 2.55 bits per heavy atom. The Morgan fingerprint density at radius 2 is 1.82 bits per heavy atom. The zero-order valence-corrected chi connectivity index (χ0v) is 25.6. The molecule has 1 spiro atoms. The van der Waals surface area contributed by atoms with Crippen LogP contribution >= 0.6 is 45.8 Å². The van der Waals surface area contributed by atoms with Crippen molar-refractivity contribution in [1.82, 2.24) is 15.1 Å². The van der Waals surface area contributed by atoms with Crippen molar-refractivity contribution in [1.29, 1.82) is 0 Å². The van der Waals surface area contributed by atoms with E-state index in [2.05, 4.69) is 38.3 Å². The predicted molar refractivity (Wildman–Crippen MR) is 163 cm³/mol. The molecule has 1 fully saturated rings. The summed E-state index contributed by atoms with van der Waals surface area (Å²) in [5.74, 6) is 0.259. The lowest BCUT2D eigenvalue weighted by Crippen LogP contribution is -2.56. The van der Waals surface area contributed by atoms with Gasteiger partial charge in [-0.2, -0.15) is 5.10 Å². The Kier molecular flexibility index (Phi) is 6.83. The fourth-order valence-corrected chi connectivity index (χ4v) is 7.01. The van der Waals surface area contributed by atoms with E-state index in [0.717, 1.165) is 26.1 Å². The van der Waals surface area contributed by atoms with Crippen LogP contribution in [0.25, 0.3) is 0 Å². The summed E-state index contributed by atoms with van der Waals surface area (Å²) in [5, 5.41) is 11.8. The van der Waals surface area contributed by atoms with Crippen LogP contribution in [0.2, 0.25) is 10.0 Å². The van der Waals surface area contributed by atoms with Crippen LogP contribution in [0.3, 0.4) is 0 Å². The number of ether oxygens (including phenoxy) is 1. The predicted octanol–water partition coefficient (Wildman–Crippen LogP) is 6.98. The molecule has 3 atom stereocenters. The molecule has 10 heteroatoms. The maximum Gasteiger partial charge on any atom is 0.238 e. The molecular formula is C30H25Cl2IN4O3. The summed E-state index contributed by atoms with van der Waals surface area (Å²) in [4.78, 5) is 27.8. The van der Waals surface area contributed by atoms with E-state index in [1.807, 2.05) is 63.4 Å². The van der Waals surface area contributed by atoms with Gasteiger partial charge in [-0.25, -0.2) is 0 Å². The Bertz CT molecular complexity index is 1700. The molecule has 4 aromatic rings. The van der Waals surface area contributed by atoms with Gasteiger partial charge in [-0.3, -0.25) is 14.3 Å². The van der Waals surface area contributed by atoms with Gasteiger partial charge in [0.2, 0.25) is 11.8 Å². The summed E-state index contributed by atoms with van der Waals surface area (Å²) in [6, 6.07) is 17.8. The molecule has 0 saturated carbocycles. The number of hydrogen-bond donors (Lipinski definition) is 2. The smallest absolute Gasteiger partial charge is 0.238 e. The number of piperidine rings is 1. The fraction of sp³-hybridized carbons (Fsp3) is 0.233. The normalized spacial score (nSPS) is 21.8. The van der Waals surface area contributed by atoms with Crippen molar-refractivity contribution in [2.75, 3.05) is 5.32 Å². The molecule has 1 aromatic heterocycles. The Morgan fingerprint density at radius 1 is 1.05 bits per heavy atom. The zero-order chi connectivity index (χ0) is 28.3. The van der Waals surface area contributed by atoms with E-state index in [1.54, 1.807) is 22.9 Å². The van der Waals surface area contributed by atoms with Crippen molar-refractivity contribution in [3.05, 3.63) is 102 Å². The van der Waals surface area contributed by atoms with Crippen molar-refractivity contribution in [3.63, 3.8) is 0 Å². The van der Waals surface area contributed by atoms with Gasteiger partial charge >= 0.3 is 0 Å². The first-order valence-corrected chi connectivity index (χ1v) is 14.6. The molecule has 6 rings (SSSR count). The lowest BCUT2D eigenvalue weighted by atomic mass is 9.59. The molecular weight excluding hydrogens is 662 g/mol. The van der Waals surface area contributed by atoms with Crippen molar-refractivity contribution in [3.8, 4) is 11.5 Å². The SMILES string of the molecule is Cc1nn(C)c(C)c1Oc1ccc(I)cc1C1NC(=O)CC(c2cccc(Cl)c2)C12C(=O)Nc1cc(Cl)ccc12. The Hall–Kier alpha value is -3.08. The molecule has 0 bridgehead atoms. The molecule has 204 valence electrons. The first-order chi connectivity index (χ1) is 19.1. The molecule has 0 aliphatic carbocycles. The summed E-state index contributed by atoms with van der Waals surface area (Å²) in [7, 11) is 1.86. The van der Waals surface area contributed by atoms with E-state index in [0.29, 0.717) is 32.8 Å². The Labute approximate surface area is 255 Å². The third-order valence-corrected chi connectivity index (χ3v) is 9.08. The van der Waals surface area contributed by atoms with E-state index in [1.165, 1.54) is 0 Å². The van der Waals surface area contributed by atoms with Crippen LogP contribution in [0, 0.1) is 17.4 Å². The van der Waals surface area contributed by atoms with Gasteiger partial charge in [-0.15, -0.1) is 0 Å². The lowest BCUT2D eigenvalue weighted by Gasteiger charge is -2.46. The van der Waals surface area contributed by atoms with Crippen LogP contribution < -0.4 is 15.4 Å². The van der Waals surface area contributed by atoms with Gasteiger partial charge in [-0.1, -0.05) is 41.4 Å². The quantitative estimate of drug-likeness (QED) is 0.227. The van der Waals surface area contributed by atoms with E-state index < -0.39 is 17.4 Å². The van der Waals surface area contributed by atoms with Crippen LogP contribution in [0.1, 0.15) is 46.5 Å². The monoisotopic (exact) mass is 686 g/mol. The molecule has 3 heterocycles. The first kappa shape index (κ1) is 27.1. The summed E-state index contributed by atoms with van der Waals surface area (Å²) in [5.41, 5.74) is 3.26. The van der Waals surface area contributed by atoms with Crippen LogP contribution in [0.5, 0.6) is 11.5 Å². The summed E-state index contributed by atoms with van der Waals surface area (Å²) in [6.45, 7) is 3.82. The zero-order valence-electron chi connectivity index (χ0n) is 21.9. The maximum atomic E-state index is 14.4. The number of rotatable bonds is 4. The molecule has 2 N–H and O–H groups in total. The van der Waals surface area contributed by atoms with E-state index >= 15 is 0 Å². The highest BCUT2D eigenvalue weighted by Gasteiger charge is 2.61. The van der Waals surface area contributed by atoms with Crippen LogP contribution in [-0.4, -0.2) is 21.6 Å². The highest BCUT2D eigenvalue weighted by Crippen LogP contribution is 2.58.